The Labute approximate surface area is 166 Å². The van der Waals surface area contributed by atoms with Crippen LogP contribution in [0.5, 0.6) is 0 Å². The zero-order valence-electron chi connectivity index (χ0n) is 16.0. The second-order valence-corrected chi connectivity index (χ2v) is 8.71. The molecule has 0 radical (unpaired) electrons. The molecule has 2 aliphatic heterocycles. The number of benzene rings is 1. The summed E-state index contributed by atoms with van der Waals surface area (Å²) < 4.78 is 0. The van der Waals surface area contributed by atoms with Crippen LogP contribution in [0.15, 0.2) is 18.2 Å². The van der Waals surface area contributed by atoms with Crippen molar-refractivity contribution in [1.29, 1.82) is 0 Å². The Morgan fingerprint density at radius 2 is 1.89 bits per heavy atom. The maximum Gasteiger partial charge on any atom is 0.137 e. The van der Waals surface area contributed by atoms with Crippen molar-refractivity contribution in [2.45, 2.75) is 64.0 Å². The maximum atomic E-state index is 6.48. The third-order valence-corrected chi connectivity index (χ3v) is 6.95. The minimum atomic E-state index is -0.0237. The van der Waals surface area contributed by atoms with Gasteiger partial charge >= 0.3 is 0 Å². The monoisotopic (exact) mass is 382 g/mol. The van der Waals surface area contributed by atoms with Crippen LogP contribution in [0, 0.1) is 6.92 Å². The second kappa shape index (κ2) is 6.75. The van der Waals surface area contributed by atoms with E-state index >= 15 is 0 Å². The molecule has 1 N–H and O–H groups in total. The first-order chi connectivity index (χ1) is 13.2. The topological polar surface area (TPSA) is 41.1 Å². The van der Waals surface area contributed by atoms with E-state index in [0.29, 0.717) is 0 Å². The molecule has 1 saturated heterocycles. The highest BCUT2D eigenvalue weighted by Crippen LogP contribution is 2.45. The summed E-state index contributed by atoms with van der Waals surface area (Å²) in [5, 5.41) is 4.79. The molecule has 4 nitrogen and oxygen atoms in total. The van der Waals surface area contributed by atoms with Gasteiger partial charge in [-0.2, -0.15) is 0 Å². The van der Waals surface area contributed by atoms with Crippen LogP contribution in [0.4, 0.5) is 5.82 Å². The second-order valence-electron chi connectivity index (χ2n) is 8.30. The number of anilines is 1. The molecule has 27 heavy (non-hydrogen) atoms. The number of fused-ring (bicyclic) bond motifs is 3. The van der Waals surface area contributed by atoms with Crippen LogP contribution in [0.1, 0.15) is 60.3 Å². The molecule has 0 unspecified atom stereocenters. The van der Waals surface area contributed by atoms with E-state index in [0.717, 1.165) is 49.7 Å². The summed E-state index contributed by atoms with van der Waals surface area (Å²) >= 11 is 6.48. The average Bonchev–Trinajstić information content (AvgIpc) is 2.84. The predicted octanol–water partition coefficient (Wildman–Crippen LogP) is 4.31. The van der Waals surface area contributed by atoms with Crippen molar-refractivity contribution in [2.24, 2.45) is 0 Å². The molecule has 1 aliphatic carbocycles. The van der Waals surface area contributed by atoms with Gasteiger partial charge in [0.25, 0.3) is 0 Å². The van der Waals surface area contributed by atoms with Gasteiger partial charge in [-0.25, -0.2) is 9.97 Å². The van der Waals surface area contributed by atoms with Crippen LogP contribution in [0.3, 0.4) is 0 Å². The van der Waals surface area contributed by atoms with Crippen LogP contribution in [-0.4, -0.2) is 23.1 Å². The van der Waals surface area contributed by atoms with Gasteiger partial charge in [-0.05, 0) is 49.8 Å². The molecule has 0 bridgehead atoms. The molecular formula is C22H27ClN4. The van der Waals surface area contributed by atoms with Gasteiger partial charge in [0.05, 0.1) is 5.69 Å². The van der Waals surface area contributed by atoms with E-state index in [-0.39, 0.29) is 5.54 Å². The van der Waals surface area contributed by atoms with Gasteiger partial charge in [-0.3, -0.25) is 0 Å². The van der Waals surface area contributed by atoms with E-state index < -0.39 is 0 Å². The fraction of sp³-hybridized carbons (Fsp3) is 0.545. The van der Waals surface area contributed by atoms with Crippen molar-refractivity contribution in [2.75, 3.05) is 18.0 Å². The quantitative estimate of drug-likeness (QED) is 0.798. The zero-order valence-corrected chi connectivity index (χ0v) is 16.8. The van der Waals surface area contributed by atoms with Crippen molar-refractivity contribution in [1.82, 2.24) is 15.3 Å². The Bertz CT molecular complexity index is 873. The van der Waals surface area contributed by atoms with Crippen molar-refractivity contribution in [3.8, 4) is 0 Å². The zero-order chi connectivity index (χ0) is 18.4. The third kappa shape index (κ3) is 2.94. The number of nitrogens with one attached hydrogen (secondary N) is 1. The van der Waals surface area contributed by atoms with Crippen LogP contribution in [-0.2, 0) is 24.9 Å². The van der Waals surface area contributed by atoms with E-state index in [1.54, 1.807) is 0 Å². The van der Waals surface area contributed by atoms with Gasteiger partial charge < -0.3 is 10.2 Å². The summed E-state index contributed by atoms with van der Waals surface area (Å²) in [6, 6.07) is 6.34. The summed E-state index contributed by atoms with van der Waals surface area (Å²) in [6.07, 6.45) is 8.26. The third-order valence-electron chi connectivity index (χ3n) is 6.60. The van der Waals surface area contributed by atoms with E-state index in [9.17, 15) is 0 Å². The number of nitrogens with zero attached hydrogens (tertiary/aromatic N) is 3. The van der Waals surface area contributed by atoms with Crippen LogP contribution < -0.4 is 10.2 Å². The van der Waals surface area contributed by atoms with Gasteiger partial charge in [-0.15, -0.1) is 0 Å². The van der Waals surface area contributed by atoms with Gasteiger partial charge in [0.1, 0.15) is 11.6 Å². The number of aromatic nitrogens is 2. The molecule has 1 atom stereocenters. The lowest BCUT2D eigenvalue weighted by Gasteiger charge is -2.38. The van der Waals surface area contributed by atoms with Crippen molar-refractivity contribution >= 4 is 17.4 Å². The number of hydrogen-bond donors (Lipinski definition) is 1. The lowest BCUT2D eigenvalue weighted by atomic mass is 9.82. The summed E-state index contributed by atoms with van der Waals surface area (Å²) in [7, 11) is 0. The number of rotatable bonds is 1. The largest absolute Gasteiger partial charge is 0.356 e. The standard InChI is InChI=1S/C22H27ClN4/c1-15-25-20-13-22(10-9-16-18(22)7-6-8-19(16)23)24-14-17(20)21(26-15)27-11-4-2-3-5-12-27/h6-8,24H,2-5,9-14H2,1H3/t22-/m0/s1. The average molecular weight is 383 g/mol. The summed E-state index contributed by atoms with van der Waals surface area (Å²) in [5.74, 6) is 2.07. The molecule has 142 valence electrons. The highest BCUT2D eigenvalue weighted by atomic mass is 35.5. The van der Waals surface area contributed by atoms with Gasteiger partial charge in [0.15, 0.2) is 0 Å². The fourth-order valence-corrected chi connectivity index (χ4v) is 5.49. The summed E-state index contributed by atoms with van der Waals surface area (Å²) in [6.45, 7) is 5.11. The normalized spacial score (nSPS) is 24.6. The Balaban J connectivity index is 1.54. The van der Waals surface area contributed by atoms with Gasteiger partial charge in [0.2, 0.25) is 0 Å². The van der Waals surface area contributed by atoms with E-state index in [1.165, 1.54) is 53.9 Å². The van der Waals surface area contributed by atoms with E-state index in [4.69, 9.17) is 21.6 Å². The van der Waals surface area contributed by atoms with Gasteiger partial charge in [-0.1, -0.05) is 36.6 Å². The Morgan fingerprint density at radius 3 is 2.70 bits per heavy atom. The van der Waals surface area contributed by atoms with E-state index in [1.807, 2.05) is 13.0 Å². The molecule has 1 aromatic heterocycles. The van der Waals surface area contributed by atoms with Crippen molar-refractivity contribution < 1.29 is 0 Å². The highest BCUT2D eigenvalue weighted by Gasteiger charge is 2.43. The van der Waals surface area contributed by atoms with Crippen LogP contribution in [0.2, 0.25) is 5.02 Å². The number of halogens is 1. The van der Waals surface area contributed by atoms with Crippen LogP contribution in [0.25, 0.3) is 0 Å². The highest BCUT2D eigenvalue weighted by molar-refractivity contribution is 6.31. The molecule has 0 amide bonds. The SMILES string of the molecule is Cc1nc2c(c(N3CCCCCC3)n1)CN[C@@]1(CCc3c(Cl)cccc31)C2. The fourth-order valence-electron chi connectivity index (χ4n) is 5.22. The first-order valence-electron chi connectivity index (χ1n) is 10.3. The molecule has 0 saturated carbocycles. The van der Waals surface area contributed by atoms with Crippen molar-refractivity contribution in [3.05, 3.63) is 51.4 Å². The molecular weight excluding hydrogens is 356 g/mol. The molecule has 3 aliphatic rings. The molecule has 5 rings (SSSR count). The first-order valence-corrected chi connectivity index (χ1v) is 10.7. The lowest BCUT2D eigenvalue weighted by molar-refractivity contribution is 0.301. The first kappa shape index (κ1) is 17.4. The van der Waals surface area contributed by atoms with Crippen molar-refractivity contribution in [3.63, 3.8) is 0 Å². The summed E-state index contributed by atoms with van der Waals surface area (Å²) in [5.41, 5.74) is 5.20. The molecule has 3 heterocycles. The van der Waals surface area contributed by atoms with Crippen LogP contribution >= 0.6 is 11.6 Å². The maximum absolute atomic E-state index is 6.48. The number of hydrogen-bond acceptors (Lipinski definition) is 4. The molecule has 1 aromatic carbocycles. The molecule has 5 heteroatoms. The molecule has 2 aromatic rings. The molecule has 1 spiro atoms. The Kier molecular flexibility index (Phi) is 4.36. The lowest BCUT2D eigenvalue weighted by Crippen LogP contribution is -2.46. The smallest absolute Gasteiger partial charge is 0.137 e. The Morgan fingerprint density at radius 1 is 1.07 bits per heavy atom. The summed E-state index contributed by atoms with van der Waals surface area (Å²) in [4.78, 5) is 12.3. The molecule has 1 fully saturated rings. The minimum Gasteiger partial charge on any atom is -0.356 e. The number of aryl methyl sites for hydroxylation is 1. The van der Waals surface area contributed by atoms with Gasteiger partial charge in [0, 0.05) is 42.2 Å². The van der Waals surface area contributed by atoms with E-state index in [2.05, 4.69) is 22.3 Å². The minimum absolute atomic E-state index is 0.0237. The Hall–Kier alpha value is -1.65. The predicted molar refractivity (Wildman–Crippen MR) is 109 cm³/mol.